The van der Waals surface area contributed by atoms with Crippen LogP contribution >= 0.6 is 51.5 Å². The van der Waals surface area contributed by atoms with Crippen molar-refractivity contribution in [1.29, 1.82) is 0 Å². The van der Waals surface area contributed by atoms with Crippen LogP contribution in [0.5, 0.6) is 0 Å². The Kier molecular flexibility index (Phi) is 7.85. The molecule has 0 spiro atoms. The first-order valence-corrected chi connectivity index (χ1v) is 9.16. The summed E-state index contributed by atoms with van der Waals surface area (Å²) < 4.78 is 6.83. The monoisotopic (exact) mass is 459 g/mol. The Hall–Kier alpha value is -0.970. The Morgan fingerprint density at radius 3 is 2.44 bits per heavy atom. The standard InChI is InChI=1S/C19H16BrCl2NO.ClH/c20-14-3-7-17(18(22)11-14)19-8-6-16(24-19)12-23-10-9-13-1-4-15(21)5-2-13;/h1-8,11,23H,9-10,12H2;1H. The van der Waals surface area contributed by atoms with Gasteiger partial charge in [0.2, 0.25) is 0 Å². The fourth-order valence-corrected chi connectivity index (χ4v) is 3.29. The maximum Gasteiger partial charge on any atom is 0.135 e. The fourth-order valence-electron chi connectivity index (χ4n) is 2.40. The van der Waals surface area contributed by atoms with E-state index in [9.17, 15) is 0 Å². The first-order chi connectivity index (χ1) is 11.6. The molecular formula is C19H17BrCl3NO. The average Bonchev–Trinajstić information content (AvgIpc) is 3.02. The Morgan fingerprint density at radius 2 is 1.72 bits per heavy atom. The van der Waals surface area contributed by atoms with Crippen molar-refractivity contribution in [3.05, 3.63) is 80.4 Å². The van der Waals surface area contributed by atoms with Gasteiger partial charge in [-0.25, -0.2) is 0 Å². The van der Waals surface area contributed by atoms with Crippen molar-refractivity contribution in [2.45, 2.75) is 13.0 Å². The first kappa shape index (κ1) is 20.3. The zero-order valence-electron chi connectivity index (χ0n) is 13.3. The van der Waals surface area contributed by atoms with Gasteiger partial charge in [0.15, 0.2) is 0 Å². The molecule has 0 aliphatic rings. The van der Waals surface area contributed by atoms with Crippen LogP contribution in [0.1, 0.15) is 11.3 Å². The number of nitrogens with one attached hydrogen (secondary N) is 1. The highest BCUT2D eigenvalue weighted by Gasteiger charge is 2.09. The zero-order chi connectivity index (χ0) is 16.9. The lowest BCUT2D eigenvalue weighted by Gasteiger charge is -2.04. The minimum Gasteiger partial charge on any atom is -0.460 e. The van der Waals surface area contributed by atoms with E-state index in [2.05, 4.69) is 21.2 Å². The lowest BCUT2D eigenvalue weighted by Crippen LogP contribution is -2.16. The largest absolute Gasteiger partial charge is 0.460 e. The van der Waals surface area contributed by atoms with E-state index < -0.39 is 0 Å². The molecule has 1 heterocycles. The predicted molar refractivity (Wildman–Crippen MR) is 111 cm³/mol. The first-order valence-electron chi connectivity index (χ1n) is 7.61. The smallest absolute Gasteiger partial charge is 0.135 e. The van der Waals surface area contributed by atoms with Crippen LogP contribution in [0.15, 0.2) is 63.5 Å². The SMILES string of the molecule is Cl.Clc1ccc(CCNCc2ccc(-c3ccc(Br)cc3Cl)o2)cc1. The molecule has 0 bridgehead atoms. The van der Waals surface area contributed by atoms with Gasteiger partial charge in [0.25, 0.3) is 0 Å². The van der Waals surface area contributed by atoms with Crippen molar-refractivity contribution >= 4 is 51.5 Å². The Balaban J connectivity index is 0.00000225. The van der Waals surface area contributed by atoms with Crippen molar-refractivity contribution in [2.24, 2.45) is 0 Å². The molecule has 0 aliphatic carbocycles. The summed E-state index contributed by atoms with van der Waals surface area (Å²) >= 11 is 15.6. The second-order valence-electron chi connectivity index (χ2n) is 5.44. The fraction of sp³-hybridized carbons (Fsp3) is 0.158. The van der Waals surface area contributed by atoms with Crippen LogP contribution in [0.25, 0.3) is 11.3 Å². The van der Waals surface area contributed by atoms with Crippen molar-refractivity contribution in [3.63, 3.8) is 0 Å². The van der Waals surface area contributed by atoms with E-state index in [1.165, 1.54) is 5.56 Å². The van der Waals surface area contributed by atoms with Gasteiger partial charge in [0.05, 0.1) is 11.6 Å². The lowest BCUT2D eigenvalue weighted by molar-refractivity contribution is 0.495. The second kappa shape index (κ2) is 9.65. The molecular weight excluding hydrogens is 444 g/mol. The summed E-state index contributed by atoms with van der Waals surface area (Å²) in [6, 6.07) is 17.6. The molecule has 0 atom stereocenters. The van der Waals surface area contributed by atoms with Crippen LogP contribution in [0.3, 0.4) is 0 Å². The van der Waals surface area contributed by atoms with Crippen molar-refractivity contribution in [3.8, 4) is 11.3 Å². The molecule has 0 saturated heterocycles. The third-order valence-electron chi connectivity index (χ3n) is 3.66. The molecule has 132 valence electrons. The van der Waals surface area contributed by atoms with Gasteiger partial charge in [-0.15, -0.1) is 12.4 Å². The molecule has 2 aromatic carbocycles. The van der Waals surface area contributed by atoms with Gasteiger partial charge in [-0.1, -0.05) is 51.3 Å². The number of benzene rings is 2. The van der Waals surface area contributed by atoms with Gasteiger partial charge in [0.1, 0.15) is 11.5 Å². The van der Waals surface area contributed by atoms with E-state index in [4.69, 9.17) is 27.6 Å². The molecule has 6 heteroatoms. The molecule has 0 saturated carbocycles. The van der Waals surface area contributed by atoms with Gasteiger partial charge in [-0.2, -0.15) is 0 Å². The summed E-state index contributed by atoms with van der Waals surface area (Å²) in [4.78, 5) is 0. The molecule has 1 aromatic heterocycles. The summed E-state index contributed by atoms with van der Waals surface area (Å²) in [5.41, 5.74) is 2.15. The number of hydrogen-bond acceptors (Lipinski definition) is 2. The van der Waals surface area contributed by atoms with Crippen LogP contribution in [0, 0.1) is 0 Å². The minimum absolute atomic E-state index is 0. The highest BCUT2D eigenvalue weighted by atomic mass is 79.9. The Labute approximate surface area is 172 Å². The van der Waals surface area contributed by atoms with Gasteiger partial charge in [-0.3, -0.25) is 0 Å². The third-order valence-corrected chi connectivity index (χ3v) is 4.72. The Bertz CT molecular complexity index is 818. The van der Waals surface area contributed by atoms with E-state index >= 15 is 0 Å². The number of rotatable bonds is 6. The molecule has 1 N–H and O–H groups in total. The molecule has 3 aromatic rings. The van der Waals surface area contributed by atoms with Crippen LogP contribution in [0.2, 0.25) is 10.0 Å². The van der Waals surface area contributed by atoms with Crippen LogP contribution in [-0.4, -0.2) is 6.54 Å². The number of halogens is 4. The molecule has 0 radical (unpaired) electrons. The summed E-state index contributed by atoms with van der Waals surface area (Å²) in [7, 11) is 0. The third kappa shape index (κ3) is 5.77. The van der Waals surface area contributed by atoms with E-state index in [0.29, 0.717) is 11.6 Å². The molecule has 0 fully saturated rings. The van der Waals surface area contributed by atoms with E-state index in [1.807, 2.05) is 54.6 Å². The molecule has 25 heavy (non-hydrogen) atoms. The predicted octanol–water partition coefficient (Wildman–Crippen LogP) is 6.77. The minimum atomic E-state index is 0. The molecule has 3 rings (SSSR count). The Morgan fingerprint density at radius 1 is 0.960 bits per heavy atom. The van der Waals surface area contributed by atoms with Crippen molar-refractivity contribution in [2.75, 3.05) is 6.54 Å². The van der Waals surface area contributed by atoms with E-state index in [0.717, 1.165) is 39.5 Å². The molecule has 0 amide bonds. The van der Waals surface area contributed by atoms with Gasteiger partial charge >= 0.3 is 0 Å². The summed E-state index contributed by atoms with van der Waals surface area (Å²) in [6.07, 6.45) is 0.948. The molecule has 2 nitrogen and oxygen atoms in total. The topological polar surface area (TPSA) is 25.2 Å². The van der Waals surface area contributed by atoms with E-state index in [1.54, 1.807) is 0 Å². The molecule has 0 unspecified atom stereocenters. The van der Waals surface area contributed by atoms with Gasteiger partial charge < -0.3 is 9.73 Å². The number of furan rings is 1. The van der Waals surface area contributed by atoms with Gasteiger partial charge in [0, 0.05) is 15.1 Å². The second-order valence-corrected chi connectivity index (χ2v) is 7.20. The summed E-state index contributed by atoms with van der Waals surface area (Å²) in [6.45, 7) is 1.55. The quantitative estimate of drug-likeness (QED) is 0.410. The number of hydrogen-bond donors (Lipinski definition) is 1. The zero-order valence-corrected chi connectivity index (χ0v) is 17.2. The normalized spacial score (nSPS) is 10.5. The van der Waals surface area contributed by atoms with Gasteiger partial charge in [-0.05, 0) is 61.0 Å². The summed E-state index contributed by atoms with van der Waals surface area (Å²) in [5.74, 6) is 1.67. The van der Waals surface area contributed by atoms with Crippen LogP contribution in [-0.2, 0) is 13.0 Å². The van der Waals surface area contributed by atoms with E-state index in [-0.39, 0.29) is 12.4 Å². The maximum atomic E-state index is 6.26. The van der Waals surface area contributed by atoms with Crippen LogP contribution < -0.4 is 5.32 Å². The van der Waals surface area contributed by atoms with Crippen molar-refractivity contribution < 1.29 is 4.42 Å². The average molecular weight is 462 g/mol. The lowest BCUT2D eigenvalue weighted by atomic mass is 10.1. The van der Waals surface area contributed by atoms with Crippen molar-refractivity contribution in [1.82, 2.24) is 5.32 Å². The summed E-state index contributed by atoms with van der Waals surface area (Å²) in [5, 5.41) is 4.82. The highest BCUT2D eigenvalue weighted by Crippen LogP contribution is 2.31. The highest BCUT2D eigenvalue weighted by molar-refractivity contribution is 9.10. The van der Waals surface area contributed by atoms with Crippen LogP contribution in [0.4, 0.5) is 0 Å². The maximum absolute atomic E-state index is 6.26. The molecule has 0 aliphatic heterocycles.